The van der Waals surface area contributed by atoms with Gasteiger partial charge < -0.3 is 14.0 Å². The second-order valence-electron chi connectivity index (χ2n) is 13.4. The van der Waals surface area contributed by atoms with Crippen molar-refractivity contribution >= 4 is 72.0 Å². The van der Waals surface area contributed by atoms with Crippen LogP contribution in [0.2, 0.25) is 0 Å². The van der Waals surface area contributed by atoms with Crippen molar-refractivity contribution in [3.63, 3.8) is 0 Å². The summed E-state index contributed by atoms with van der Waals surface area (Å²) in [7, 11) is -4.20. The topological polar surface area (TPSA) is 27.7 Å². The summed E-state index contributed by atoms with van der Waals surface area (Å²) in [4.78, 5) is 0. The summed E-state index contributed by atoms with van der Waals surface area (Å²) in [6.07, 6.45) is 0. The Balaban J connectivity index is 1.41. The average molecular weight is 952 g/mol. The minimum absolute atomic E-state index is 1.89. The highest BCUT2D eigenvalue weighted by molar-refractivity contribution is 6.41. The van der Waals surface area contributed by atoms with Gasteiger partial charge in [-0.3, -0.25) is 0 Å². The lowest BCUT2D eigenvalue weighted by molar-refractivity contribution is 0.269. The Labute approximate surface area is 338 Å². The first kappa shape index (κ1) is 43.2. The van der Waals surface area contributed by atoms with E-state index < -0.39 is 223 Å². The Morgan fingerprint density at radius 2 is 0.308 bits per heavy atom. The standard InChI is InChI=1S/C38BF23O3/c40-13-5-1-3-9(15(13)42)23(50)32(59)36(11(3)25(52)17(44)7(1)21(48)27(54)19(5)46)63-39(65-38-34(61)30(57)29(56)31(58)35(38)62)64-37-12-4-2-6(14(41)16(43)10(4)24(51)33(37)60)20(47)28(55)22(49)8(2)18(45)26(12)53. The zero-order chi connectivity index (χ0) is 47.6. The van der Waals surface area contributed by atoms with Gasteiger partial charge in [0.2, 0.25) is 40.7 Å². The number of benzene rings is 9. The summed E-state index contributed by atoms with van der Waals surface area (Å²) in [6.45, 7) is 0. The largest absolute Gasteiger partial charge is 0.864 e. The van der Waals surface area contributed by atoms with E-state index in [1.54, 1.807) is 0 Å². The quantitative estimate of drug-likeness (QED) is 0.0546. The SMILES string of the molecule is Fc1c(F)c(F)c(OB(Oc2c(F)c(F)c3c(F)c(F)c4c(F)c(F)c(F)c5c(F)c(F)c2c3c45)Oc2c(F)c(F)c3c(F)c(F)c4c(F)c(F)c(F)c5c(F)c(F)c2c3c45)c(F)c1F. The van der Waals surface area contributed by atoms with E-state index in [0.29, 0.717) is 0 Å². The highest BCUT2D eigenvalue weighted by Gasteiger charge is 2.44. The molecule has 9 aromatic rings. The summed E-state index contributed by atoms with van der Waals surface area (Å²) in [5, 5.41) is -25.4. The summed E-state index contributed by atoms with van der Waals surface area (Å²) in [5.41, 5.74) is 0. The van der Waals surface area contributed by atoms with Crippen molar-refractivity contribution in [2.75, 3.05) is 0 Å². The van der Waals surface area contributed by atoms with Crippen molar-refractivity contribution in [2.45, 2.75) is 0 Å². The van der Waals surface area contributed by atoms with Gasteiger partial charge in [0, 0.05) is 21.5 Å². The van der Waals surface area contributed by atoms with E-state index in [4.69, 9.17) is 0 Å². The predicted octanol–water partition coefficient (Wildman–Crippen LogP) is 13.2. The third kappa shape index (κ3) is 5.24. The Kier molecular flexibility index (Phi) is 9.27. The lowest BCUT2D eigenvalue weighted by Gasteiger charge is -2.23. The number of hydrogen-bond donors (Lipinski definition) is 0. The molecule has 9 aromatic carbocycles. The maximum atomic E-state index is 16.0. The summed E-state index contributed by atoms with van der Waals surface area (Å²) in [5.74, 6) is -74.3. The molecule has 0 heterocycles. The number of hydrogen-bond acceptors (Lipinski definition) is 3. The van der Waals surface area contributed by atoms with Crippen LogP contribution in [0.3, 0.4) is 0 Å². The molecule has 334 valence electrons. The number of halogens is 23. The molecule has 0 atom stereocenters. The minimum Gasteiger partial charge on any atom is -0.486 e. The fourth-order valence-electron chi connectivity index (χ4n) is 7.46. The van der Waals surface area contributed by atoms with Gasteiger partial charge in [-0.15, -0.1) is 0 Å². The van der Waals surface area contributed by atoms with Crippen molar-refractivity contribution in [3.05, 3.63) is 134 Å². The summed E-state index contributed by atoms with van der Waals surface area (Å²) < 4.78 is 363. The Hall–Kier alpha value is -7.09. The lowest BCUT2D eigenvalue weighted by Crippen LogP contribution is -2.39. The van der Waals surface area contributed by atoms with Crippen molar-refractivity contribution in [1.82, 2.24) is 0 Å². The molecule has 0 amide bonds. The first-order valence-corrected chi connectivity index (χ1v) is 16.7. The first-order chi connectivity index (χ1) is 30.4. The van der Waals surface area contributed by atoms with E-state index in [1.165, 1.54) is 0 Å². The van der Waals surface area contributed by atoms with Crippen LogP contribution in [0.25, 0.3) is 64.6 Å². The highest BCUT2D eigenvalue weighted by atomic mass is 19.2. The van der Waals surface area contributed by atoms with Crippen molar-refractivity contribution in [3.8, 4) is 17.2 Å². The third-order valence-corrected chi connectivity index (χ3v) is 10.2. The smallest absolute Gasteiger partial charge is 0.486 e. The molecule has 65 heavy (non-hydrogen) atoms. The maximum Gasteiger partial charge on any atom is 0.864 e. The van der Waals surface area contributed by atoms with E-state index in [9.17, 15) is 48.3 Å². The van der Waals surface area contributed by atoms with Crippen LogP contribution < -0.4 is 14.0 Å². The number of rotatable bonds is 6. The van der Waals surface area contributed by atoms with Crippen LogP contribution in [0.15, 0.2) is 0 Å². The van der Waals surface area contributed by atoms with Gasteiger partial charge in [0.25, 0.3) is 0 Å². The summed E-state index contributed by atoms with van der Waals surface area (Å²) >= 11 is 0. The molecule has 0 unspecified atom stereocenters. The molecule has 0 aliphatic heterocycles. The minimum atomic E-state index is -4.20. The van der Waals surface area contributed by atoms with Gasteiger partial charge in [0.1, 0.15) is 0 Å². The molecule has 0 aromatic heterocycles. The molecule has 0 bridgehead atoms. The molecule has 0 aliphatic carbocycles. The molecule has 0 fully saturated rings. The molecule has 0 radical (unpaired) electrons. The van der Waals surface area contributed by atoms with Gasteiger partial charge in [0.05, 0.1) is 43.1 Å². The molecule has 0 saturated carbocycles. The normalized spacial score (nSPS) is 12.2. The Bertz CT molecular complexity index is 3410. The molecule has 0 aliphatic rings. The van der Waals surface area contributed by atoms with E-state index >= 15 is 52.7 Å². The van der Waals surface area contributed by atoms with Gasteiger partial charge in [-0.05, 0) is 0 Å². The van der Waals surface area contributed by atoms with Crippen LogP contribution in [0.5, 0.6) is 17.2 Å². The first-order valence-electron chi connectivity index (χ1n) is 16.7. The zero-order valence-corrected chi connectivity index (χ0v) is 29.5. The van der Waals surface area contributed by atoms with Gasteiger partial charge in [-0.1, -0.05) is 0 Å². The van der Waals surface area contributed by atoms with Crippen LogP contribution in [0, 0.1) is 134 Å². The van der Waals surface area contributed by atoms with Crippen LogP contribution in [0.1, 0.15) is 0 Å². The van der Waals surface area contributed by atoms with Crippen molar-refractivity contribution < 1.29 is 115 Å². The molecule has 0 saturated heterocycles. The van der Waals surface area contributed by atoms with Gasteiger partial charge in [-0.25, -0.2) is 83.4 Å². The fourth-order valence-corrected chi connectivity index (χ4v) is 7.46. The van der Waals surface area contributed by atoms with Crippen molar-refractivity contribution in [2.24, 2.45) is 0 Å². The molecule has 0 N–H and O–H groups in total. The van der Waals surface area contributed by atoms with Gasteiger partial charge in [-0.2, -0.15) is 17.6 Å². The lowest BCUT2D eigenvalue weighted by atomic mass is 9.90. The van der Waals surface area contributed by atoms with Crippen LogP contribution in [-0.2, 0) is 0 Å². The average Bonchev–Trinajstić information content (AvgIpc) is 3.26. The van der Waals surface area contributed by atoms with Crippen LogP contribution in [-0.4, -0.2) is 7.32 Å². The second-order valence-corrected chi connectivity index (χ2v) is 13.4. The molecule has 27 heteroatoms. The summed E-state index contributed by atoms with van der Waals surface area (Å²) in [6, 6.07) is 0. The Morgan fingerprint density at radius 1 is 0.154 bits per heavy atom. The van der Waals surface area contributed by atoms with E-state index in [2.05, 4.69) is 14.0 Å². The van der Waals surface area contributed by atoms with E-state index in [0.717, 1.165) is 0 Å². The van der Waals surface area contributed by atoms with Crippen molar-refractivity contribution in [1.29, 1.82) is 0 Å². The fraction of sp³-hybridized carbons (Fsp3) is 0. The maximum absolute atomic E-state index is 16.0. The van der Waals surface area contributed by atoms with Gasteiger partial charge in [0.15, 0.2) is 110 Å². The molecule has 0 spiro atoms. The zero-order valence-electron chi connectivity index (χ0n) is 29.5. The monoisotopic (exact) mass is 952 g/mol. The molecule has 3 nitrogen and oxygen atoms in total. The second kappa shape index (κ2) is 14.0. The predicted molar refractivity (Wildman–Crippen MR) is 173 cm³/mol. The van der Waals surface area contributed by atoms with E-state index in [-0.39, 0.29) is 0 Å². The molecule has 9 rings (SSSR count). The molecular weight excluding hydrogens is 952 g/mol. The van der Waals surface area contributed by atoms with Crippen LogP contribution in [0.4, 0.5) is 101 Å². The van der Waals surface area contributed by atoms with Crippen LogP contribution >= 0.6 is 0 Å². The highest BCUT2D eigenvalue weighted by Crippen LogP contribution is 2.51. The van der Waals surface area contributed by atoms with E-state index in [1.807, 2.05) is 0 Å². The molecular formula is C38BF23O3. The third-order valence-electron chi connectivity index (χ3n) is 10.2. The van der Waals surface area contributed by atoms with Gasteiger partial charge >= 0.3 is 7.32 Å². The Morgan fingerprint density at radius 3 is 0.585 bits per heavy atom.